The molecule has 0 radical (unpaired) electrons. The van der Waals surface area contributed by atoms with Gasteiger partial charge in [0, 0.05) is 16.3 Å². The third-order valence-corrected chi connectivity index (χ3v) is 6.94. The number of aliphatic hydroxyl groups excluding tert-OH is 1. The van der Waals surface area contributed by atoms with E-state index >= 15 is 0 Å². The van der Waals surface area contributed by atoms with Gasteiger partial charge in [0.15, 0.2) is 0 Å². The predicted octanol–water partition coefficient (Wildman–Crippen LogP) is 7.25. The molecule has 4 aromatic carbocycles. The van der Waals surface area contributed by atoms with E-state index in [4.69, 9.17) is 21.1 Å². The quantitative estimate of drug-likeness (QED) is 0.141. The first kappa shape index (κ1) is 27.0. The van der Waals surface area contributed by atoms with E-state index in [1.165, 1.54) is 4.90 Å². The Morgan fingerprint density at radius 2 is 1.68 bits per heavy atom. The van der Waals surface area contributed by atoms with Gasteiger partial charge in [0.2, 0.25) is 0 Å². The summed E-state index contributed by atoms with van der Waals surface area (Å²) < 4.78 is 11.7. The smallest absolute Gasteiger partial charge is 0.300 e. The van der Waals surface area contributed by atoms with Crippen molar-refractivity contribution in [2.45, 2.75) is 26.5 Å². The maximum atomic E-state index is 13.5. The normalized spacial score (nSPS) is 16.3. The summed E-state index contributed by atoms with van der Waals surface area (Å²) in [6.45, 7) is 4.59. The van der Waals surface area contributed by atoms with Crippen LogP contribution in [-0.2, 0) is 16.2 Å². The first-order valence-electron chi connectivity index (χ1n) is 12.9. The average Bonchev–Trinajstić information content (AvgIpc) is 3.23. The van der Waals surface area contributed by atoms with E-state index in [9.17, 15) is 14.7 Å². The van der Waals surface area contributed by atoms with Crippen molar-refractivity contribution in [1.29, 1.82) is 0 Å². The van der Waals surface area contributed by atoms with Crippen LogP contribution in [0.4, 0.5) is 5.69 Å². The number of hydrogen-bond donors (Lipinski definition) is 1. The second kappa shape index (κ2) is 11.7. The van der Waals surface area contributed by atoms with Crippen molar-refractivity contribution in [3.8, 4) is 11.5 Å². The highest BCUT2D eigenvalue weighted by Crippen LogP contribution is 2.43. The topological polar surface area (TPSA) is 76.1 Å². The zero-order valence-electron chi connectivity index (χ0n) is 22.1. The maximum Gasteiger partial charge on any atom is 0.300 e. The molecule has 1 fully saturated rings. The van der Waals surface area contributed by atoms with Gasteiger partial charge in [0.1, 0.15) is 23.9 Å². The third kappa shape index (κ3) is 5.44. The van der Waals surface area contributed by atoms with Crippen LogP contribution in [0.3, 0.4) is 0 Å². The summed E-state index contributed by atoms with van der Waals surface area (Å²) >= 11 is 6.24. The van der Waals surface area contributed by atoms with E-state index in [1.807, 2.05) is 44.2 Å². The molecule has 4 aromatic rings. The van der Waals surface area contributed by atoms with E-state index in [0.717, 1.165) is 11.1 Å². The number of rotatable bonds is 8. The molecular weight excluding hydrogens is 526 g/mol. The fourth-order valence-electron chi connectivity index (χ4n) is 4.83. The third-order valence-electron chi connectivity index (χ3n) is 6.70. The van der Waals surface area contributed by atoms with Crippen molar-refractivity contribution >= 4 is 34.7 Å². The Bertz CT molecular complexity index is 1600. The van der Waals surface area contributed by atoms with Crippen LogP contribution in [0.1, 0.15) is 35.2 Å². The molecule has 0 spiro atoms. The second-order valence-electron chi connectivity index (χ2n) is 9.41. The van der Waals surface area contributed by atoms with Crippen molar-refractivity contribution in [3.05, 3.63) is 130 Å². The Hall–Kier alpha value is -4.55. The molecule has 1 saturated heterocycles. The standard InChI is InChI=1S/C33H28ClNO5/c1-3-39-27-14-7-11-23(18-27)30-29(32(37)33(38)35(30)26-13-8-12-25(34)19-26)31(36)24-15-16-28(21(2)17-24)40-20-22-9-5-4-6-10-22/h4-19,30,36H,3,20H2,1-2H3/b31-29+. The van der Waals surface area contributed by atoms with Gasteiger partial charge in [-0.3, -0.25) is 14.5 Å². The number of ether oxygens (including phenoxy) is 2. The number of halogens is 1. The van der Waals surface area contributed by atoms with Crippen LogP contribution >= 0.6 is 11.6 Å². The number of Topliss-reactive ketones (excluding diaryl/α,β-unsaturated/α-hetero) is 1. The summed E-state index contributed by atoms with van der Waals surface area (Å²) in [7, 11) is 0. The Morgan fingerprint density at radius 3 is 2.40 bits per heavy atom. The van der Waals surface area contributed by atoms with Gasteiger partial charge in [-0.25, -0.2) is 0 Å². The predicted molar refractivity (Wildman–Crippen MR) is 156 cm³/mol. The van der Waals surface area contributed by atoms with Gasteiger partial charge < -0.3 is 14.6 Å². The van der Waals surface area contributed by atoms with E-state index in [2.05, 4.69) is 0 Å². The highest BCUT2D eigenvalue weighted by Gasteiger charge is 2.47. The van der Waals surface area contributed by atoms with Gasteiger partial charge in [0.05, 0.1) is 18.2 Å². The molecule has 5 rings (SSSR count). The van der Waals surface area contributed by atoms with Crippen LogP contribution in [0.25, 0.3) is 5.76 Å². The van der Waals surface area contributed by atoms with Crippen molar-refractivity contribution in [1.82, 2.24) is 0 Å². The number of aliphatic hydroxyl groups is 1. The summed E-state index contributed by atoms with van der Waals surface area (Å²) in [6.07, 6.45) is 0. The number of anilines is 1. The summed E-state index contributed by atoms with van der Waals surface area (Å²) in [6, 6.07) is 28.0. The molecule has 40 heavy (non-hydrogen) atoms. The summed E-state index contributed by atoms with van der Waals surface area (Å²) in [5.41, 5.74) is 3.26. The van der Waals surface area contributed by atoms with E-state index in [1.54, 1.807) is 66.7 Å². The molecule has 7 heteroatoms. The van der Waals surface area contributed by atoms with Crippen molar-refractivity contribution < 1.29 is 24.2 Å². The zero-order chi connectivity index (χ0) is 28.2. The maximum absolute atomic E-state index is 13.5. The first-order chi connectivity index (χ1) is 19.4. The lowest BCUT2D eigenvalue weighted by Gasteiger charge is -2.26. The van der Waals surface area contributed by atoms with Crippen molar-refractivity contribution in [2.24, 2.45) is 0 Å². The molecule has 0 saturated carbocycles. The molecule has 202 valence electrons. The molecule has 1 unspecified atom stereocenters. The van der Waals surface area contributed by atoms with Crippen LogP contribution in [0.5, 0.6) is 11.5 Å². The van der Waals surface area contributed by atoms with Gasteiger partial charge in [-0.05, 0) is 79.1 Å². The summed E-state index contributed by atoms with van der Waals surface area (Å²) in [4.78, 5) is 28.3. The zero-order valence-corrected chi connectivity index (χ0v) is 22.9. The van der Waals surface area contributed by atoms with Crippen LogP contribution in [-0.4, -0.2) is 23.4 Å². The van der Waals surface area contributed by atoms with Gasteiger partial charge in [-0.2, -0.15) is 0 Å². The molecule has 1 aliphatic rings. The van der Waals surface area contributed by atoms with Gasteiger partial charge in [0.25, 0.3) is 11.7 Å². The molecule has 0 aliphatic carbocycles. The molecular formula is C33H28ClNO5. The molecule has 0 bridgehead atoms. The second-order valence-corrected chi connectivity index (χ2v) is 9.85. The summed E-state index contributed by atoms with van der Waals surface area (Å²) in [5.74, 6) is -0.567. The molecule has 1 aliphatic heterocycles. The number of hydrogen-bond acceptors (Lipinski definition) is 5. The molecule has 6 nitrogen and oxygen atoms in total. The molecule has 1 amide bonds. The number of amides is 1. The van der Waals surface area contributed by atoms with Gasteiger partial charge >= 0.3 is 0 Å². The molecule has 1 atom stereocenters. The largest absolute Gasteiger partial charge is 0.507 e. The Labute approximate surface area is 238 Å². The highest BCUT2D eigenvalue weighted by atomic mass is 35.5. The Morgan fingerprint density at radius 1 is 0.900 bits per heavy atom. The van der Waals surface area contributed by atoms with Gasteiger partial charge in [-0.15, -0.1) is 0 Å². The molecule has 1 heterocycles. The SMILES string of the molecule is CCOc1cccc(C2/C(=C(\O)c3ccc(OCc4ccccc4)c(C)c3)C(=O)C(=O)N2c2cccc(Cl)c2)c1. The van der Waals surface area contributed by atoms with E-state index in [-0.39, 0.29) is 11.3 Å². The monoisotopic (exact) mass is 553 g/mol. The van der Waals surface area contributed by atoms with Crippen LogP contribution in [0, 0.1) is 6.92 Å². The van der Waals surface area contributed by atoms with Crippen LogP contribution < -0.4 is 14.4 Å². The van der Waals surface area contributed by atoms with E-state index in [0.29, 0.717) is 46.5 Å². The fourth-order valence-corrected chi connectivity index (χ4v) is 5.02. The number of benzene rings is 4. The molecule has 0 aromatic heterocycles. The minimum atomic E-state index is -0.895. The Kier molecular flexibility index (Phi) is 7.89. The lowest BCUT2D eigenvalue weighted by Crippen LogP contribution is -2.29. The lowest BCUT2D eigenvalue weighted by molar-refractivity contribution is -0.132. The van der Waals surface area contributed by atoms with Crippen LogP contribution in [0.15, 0.2) is 103 Å². The number of carbonyl (C=O) groups is 2. The minimum absolute atomic E-state index is 0.0176. The van der Waals surface area contributed by atoms with Crippen molar-refractivity contribution in [2.75, 3.05) is 11.5 Å². The summed E-state index contributed by atoms with van der Waals surface area (Å²) in [5, 5.41) is 12.0. The van der Waals surface area contributed by atoms with Crippen molar-refractivity contribution in [3.63, 3.8) is 0 Å². The number of ketones is 1. The number of nitrogens with zero attached hydrogens (tertiary/aromatic N) is 1. The average molecular weight is 554 g/mol. The fraction of sp³-hybridized carbons (Fsp3) is 0.152. The number of carbonyl (C=O) groups excluding carboxylic acids is 2. The van der Waals surface area contributed by atoms with Gasteiger partial charge in [-0.1, -0.05) is 60.1 Å². The highest BCUT2D eigenvalue weighted by molar-refractivity contribution is 6.51. The molecule has 1 N–H and O–H groups in total. The minimum Gasteiger partial charge on any atom is -0.507 e. The Balaban J connectivity index is 1.57. The van der Waals surface area contributed by atoms with Crippen LogP contribution in [0.2, 0.25) is 5.02 Å². The number of aryl methyl sites for hydroxylation is 1. The first-order valence-corrected chi connectivity index (χ1v) is 13.3. The van der Waals surface area contributed by atoms with E-state index < -0.39 is 17.7 Å². The lowest BCUT2D eigenvalue weighted by atomic mass is 9.94.